The average molecular weight is 252 g/mol. The fourth-order valence-corrected chi connectivity index (χ4v) is 1.83. The normalized spacial score (nSPS) is 10.6. The highest BCUT2D eigenvalue weighted by Crippen LogP contribution is 2.15. The van der Waals surface area contributed by atoms with E-state index in [4.69, 9.17) is 11.6 Å². The zero-order chi connectivity index (χ0) is 12.4. The molecule has 0 spiro atoms. The molecule has 0 atom stereocenters. The first-order valence-corrected chi connectivity index (χ1v) is 5.66. The number of aryl methyl sites for hydroxylation is 2. The second-order valence-electron chi connectivity index (χ2n) is 3.85. The minimum Gasteiger partial charge on any atom is -0.366 e. The Morgan fingerprint density at radius 2 is 2.12 bits per heavy atom. The number of nitrogens with zero attached hydrogens (tertiary/aromatic N) is 4. The summed E-state index contributed by atoms with van der Waals surface area (Å²) in [7, 11) is 1.94. The first kappa shape index (κ1) is 11.9. The van der Waals surface area contributed by atoms with Crippen molar-refractivity contribution >= 4 is 17.4 Å². The van der Waals surface area contributed by atoms with E-state index >= 15 is 0 Å². The van der Waals surface area contributed by atoms with Crippen molar-refractivity contribution in [2.24, 2.45) is 7.05 Å². The van der Waals surface area contributed by atoms with Crippen LogP contribution in [0.5, 0.6) is 0 Å². The monoisotopic (exact) mass is 251 g/mol. The van der Waals surface area contributed by atoms with Crippen molar-refractivity contribution in [3.05, 3.63) is 34.5 Å². The predicted molar refractivity (Wildman–Crippen MR) is 67.1 cm³/mol. The zero-order valence-corrected chi connectivity index (χ0v) is 10.8. The van der Waals surface area contributed by atoms with Gasteiger partial charge in [-0.2, -0.15) is 5.10 Å². The molecular formula is C11H14ClN5. The van der Waals surface area contributed by atoms with Gasteiger partial charge in [0.05, 0.1) is 5.69 Å². The van der Waals surface area contributed by atoms with E-state index in [-0.39, 0.29) is 0 Å². The second-order valence-corrected chi connectivity index (χ2v) is 4.24. The largest absolute Gasteiger partial charge is 0.366 e. The van der Waals surface area contributed by atoms with Crippen LogP contribution in [0, 0.1) is 13.8 Å². The van der Waals surface area contributed by atoms with Crippen LogP contribution in [-0.2, 0) is 13.6 Å². The SMILES string of the molecule is Cc1nn(C)c(C)c1CNc1cc(Cl)ncn1. The molecule has 17 heavy (non-hydrogen) atoms. The quantitative estimate of drug-likeness (QED) is 0.849. The van der Waals surface area contributed by atoms with E-state index in [0.29, 0.717) is 17.5 Å². The van der Waals surface area contributed by atoms with E-state index in [1.807, 2.05) is 25.6 Å². The smallest absolute Gasteiger partial charge is 0.134 e. The fraction of sp³-hybridized carbons (Fsp3) is 0.364. The molecule has 0 aliphatic heterocycles. The Bertz CT molecular complexity index is 535. The number of halogens is 1. The van der Waals surface area contributed by atoms with Crippen LogP contribution in [0.2, 0.25) is 5.15 Å². The summed E-state index contributed by atoms with van der Waals surface area (Å²) < 4.78 is 1.87. The molecule has 0 saturated heterocycles. The molecule has 6 heteroatoms. The van der Waals surface area contributed by atoms with Crippen LogP contribution >= 0.6 is 11.6 Å². The van der Waals surface area contributed by atoms with Gasteiger partial charge < -0.3 is 5.32 Å². The molecule has 1 N–H and O–H groups in total. The molecule has 0 unspecified atom stereocenters. The van der Waals surface area contributed by atoms with E-state index in [1.54, 1.807) is 6.07 Å². The highest BCUT2D eigenvalue weighted by Gasteiger charge is 2.08. The zero-order valence-electron chi connectivity index (χ0n) is 10.0. The van der Waals surface area contributed by atoms with Crippen molar-refractivity contribution in [2.75, 3.05) is 5.32 Å². The van der Waals surface area contributed by atoms with Crippen LogP contribution in [-0.4, -0.2) is 19.7 Å². The minimum absolute atomic E-state index is 0.433. The Labute approximate surface area is 105 Å². The van der Waals surface area contributed by atoms with Crippen molar-refractivity contribution in [1.82, 2.24) is 19.7 Å². The van der Waals surface area contributed by atoms with Crippen LogP contribution in [0.1, 0.15) is 17.0 Å². The van der Waals surface area contributed by atoms with Crippen molar-refractivity contribution in [3.63, 3.8) is 0 Å². The minimum atomic E-state index is 0.433. The summed E-state index contributed by atoms with van der Waals surface area (Å²) in [4.78, 5) is 7.92. The second kappa shape index (κ2) is 4.71. The number of aromatic nitrogens is 4. The van der Waals surface area contributed by atoms with Gasteiger partial charge in [0.15, 0.2) is 0 Å². The maximum Gasteiger partial charge on any atom is 0.134 e. The molecule has 2 aromatic heterocycles. The number of hydrogen-bond donors (Lipinski definition) is 1. The van der Waals surface area contributed by atoms with Gasteiger partial charge in [0.2, 0.25) is 0 Å². The lowest BCUT2D eigenvalue weighted by Crippen LogP contribution is -2.04. The first-order chi connectivity index (χ1) is 8.08. The fourth-order valence-electron chi connectivity index (χ4n) is 1.68. The van der Waals surface area contributed by atoms with E-state index in [0.717, 1.165) is 11.4 Å². The van der Waals surface area contributed by atoms with E-state index in [9.17, 15) is 0 Å². The number of nitrogens with one attached hydrogen (secondary N) is 1. The third-order valence-electron chi connectivity index (χ3n) is 2.74. The Hall–Kier alpha value is -1.62. The molecule has 0 radical (unpaired) electrons. The molecule has 0 aliphatic rings. The topological polar surface area (TPSA) is 55.6 Å². The van der Waals surface area contributed by atoms with Gasteiger partial charge in [0, 0.05) is 30.9 Å². The van der Waals surface area contributed by atoms with Crippen LogP contribution in [0.15, 0.2) is 12.4 Å². The van der Waals surface area contributed by atoms with Gasteiger partial charge in [-0.15, -0.1) is 0 Å². The van der Waals surface area contributed by atoms with Gasteiger partial charge in [0.25, 0.3) is 0 Å². The Kier molecular flexibility index (Phi) is 3.28. The van der Waals surface area contributed by atoms with E-state index in [1.165, 1.54) is 11.9 Å². The summed E-state index contributed by atoms with van der Waals surface area (Å²) in [5.41, 5.74) is 3.36. The lowest BCUT2D eigenvalue weighted by molar-refractivity contribution is 0.730. The van der Waals surface area contributed by atoms with Crippen LogP contribution < -0.4 is 5.32 Å². The van der Waals surface area contributed by atoms with Crippen molar-refractivity contribution in [3.8, 4) is 0 Å². The molecule has 2 aromatic rings. The molecule has 2 heterocycles. The first-order valence-electron chi connectivity index (χ1n) is 5.28. The molecule has 0 aromatic carbocycles. The standard InChI is InChI=1S/C11H14ClN5/c1-7-9(8(2)17(3)16-7)5-13-11-4-10(12)14-6-15-11/h4,6H,5H2,1-3H3,(H,13,14,15). The summed E-state index contributed by atoms with van der Waals surface area (Å²) in [6.07, 6.45) is 1.44. The summed E-state index contributed by atoms with van der Waals surface area (Å²) in [6.45, 7) is 4.72. The maximum absolute atomic E-state index is 5.79. The number of rotatable bonds is 3. The summed E-state index contributed by atoms with van der Waals surface area (Å²) in [5, 5.41) is 8.00. The number of anilines is 1. The van der Waals surface area contributed by atoms with Gasteiger partial charge in [-0.3, -0.25) is 4.68 Å². The molecule has 0 saturated carbocycles. The van der Waals surface area contributed by atoms with Gasteiger partial charge in [-0.1, -0.05) is 11.6 Å². The Morgan fingerprint density at radius 3 is 2.71 bits per heavy atom. The lowest BCUT2D eigenvalue weighted by atomic mass is 10.2. The molecule has 0 amide bonds. The van der Waals surface area contributed by atoms with Crippen molar-refractivity contribution < 1.29 is 0 Å². The lowest BCUT2D eigenvalue weighted by Gasteiger charge is -2.05. The molecular weight excluding hydrogens is 238 g/mol. The molecule has 0 fully saturated rings. The average Bonchev–Trinajstić information content (AvgIpc) is 2.51. The highest BCUT2D eigenvalue weighted by molar-refractivity contribution is 6.29. The summed E-state index contributed by atoms with van der Waals surface area (Å²) >= 11 is 5.79. The van der Waals surface area contributed by atoms with E-state index < -0.39 is 0 Å². The van der Waals surface area contributed by atoms with Crippen LogP contribution in [0.4, 0.5) is 5.82 Å². The van der Waals surface area contributed by atoms with Gasteiger partial charge in [0.1, 0.15) is 17.3 Å². The number of hydrogen-bond acceptors (Lipinski definition) is 4. The summed E-state index contributed by atoms with van der Waals surface area (Å²) in [6, 6.07) is 1.70. The Morgan fingerprint density at radius 1 is 1.35 bits per heavy atom. The predicted octanol–water partition coefficient (Wildman–Crippen LogP) is 2.09. The van der Waals surface area contributed by atoms with Crippen LogP contribution in [0.3, 0.4) is 0 Å². The summed E-state index contributed by atoms with van der Waals surface area (Å²) in [5.74, 6) is 0.715. The molecule has 0 bridgehead atoms. The Balaban J connectivity index is 2.12. The van der Waals surface area contributed by atoms with E-state index in [2.05, 4.69) is 20.4 Å². The highest BCUT2D eigenvalue weighted by atomic mass is 35.5. The molecule has 5 nitrogen and oxygen atoms in total. The van der Waals surface area contributed by atoms with Crippen molar-refractivity contribution in [1.29, 1.82) is 0 Å². The molecule has 90 valence electrons. The molecule has 0 aliphatic carbocycles. The van der Waals surface area contributed by atoms with Gasteiger partial charge in [-0.05, 0) is 13.8 Å². The molecule has 2 rings (SSSR count). The van der Waals surface area contributed by atoms with Gasteiger partial charge in [-0.25, -0.2) is 9.97 Å². The van der Waals surface area contributed by atoms with Gasteiger partial charge >= 0.3 is 0 Å². The third kappa shape index (κ3) is 2.55. The van der Waals surface area contributed by atoms with Crippen molar-refractivity contribution in [2.45, 2.75) is 20.4 Å². The third-order valence-corrected chi connectivity index (χ3v) is 2.95. The van der Waals surface area contributed by atoms with Crippen LogP contribution in [0.25, 0.3) is 0 Å². The maximum atomic E-state index is 5.79.